The number of hydrogen-bond acceptors (Lipinski definition) is 3. The van der Waals surface area contributed by atoms with Crippen molar-refractivity contribution < 1.29 is 0 Å². The molecule has 0 unspecified atom stereocenters. The molecule has 0 N–H and O–H groups in total. The van der Waals surface area contributed by atoms with E-state index in [9.17, 15) is 0 Å². The zero-order chi connectivity index (χ0) is 31.9. The van der Waals surface area contributed by atoms with Gasteiger partial charge in [-0.25, -0.2) is 4.98 Å². The number of hydrogen-bond donors (Lipinski definition) is 0. The molecule has 0 aliphatic rings. The van der Waals surface area contributed by atoms with Gasteiger partial charge in [0.15, 0.2) is 0 Å². The first-order valence-corrected chi connectivity index (χ1v) is 17.0. The van der Waals surface area contributed by atoms with Crippen LogP contribution in [0.3, 0.4) is 0 Å². The Morgan fingerprint density at radius 3 is 1.79 bits per heavy atom. The standard InChI is InChI=1S/C45H30N2S/c1-4-12-31(13-5-1)33-20-24-37(25-21-33)47(41-27-23-36(32-14-6-2-7-15-32)30-40(41)34-16-8-3-9-17-34)45-43-39-26-22-35-18-10-11-19-38(35)44(39)48-42(43)28-29-46-45/h1-30H. The predicted octanol–water partition coefficient (Wildman–Crippen LogP) is 13.1. The Kier molecular flexibility index (Phi) is 7.03. The Balaban J connectivity index is 1.32. The van der Waals surface area contributed by atoms with Gasteiger partial charge in [-0.05, 0) is 68.9 Å². The summed E-state index contributed by atoms with van der Waals surface area (Å²) in [5.41, 5.74) is 9.18. The van der Waals surface area contributed by atoms with Gasteiger partial charge in [0, 0.05) is 37.6 Å². The van der Waals surface area contributed by atoms with E-state index in [4.69, 9.17) is 4.98 Å². The van der Waals surface area contributed by atoms with Gasteiger partial charge in [0.05, 0.1) is 5.69 Å². The third-order valence-corrected chi connectivity index (χ3v) is 10.3. The molecule has 0 spiro atoms. The second-order valence-corrected chi connectivity index (χ2v) is 13.0. The average molecular weight is 631 g/mol. The third-order valence-electron chi connectivity index (χ3n) is 9.13. The highest BCUT2D eigenvalue weighted by atomic mass is 32.1. The molecule has 0 saturated carbocycles. The van der Waals surface area contributed by atoms with Crippen LogP contribution >= 0.6 is 11.3 Å². The fourth-order valence-electron chi connectivity index (χ4n) is 6.80. The van der Waals surface area contributed by atoms with Crippen LogP contribution in [0.1, 0.15) is 0 Å². The van der Waals surface area contributed by atoms with Crippen LogP contribution in [0.15, 0.2) is 182 Å². The van der Waals surface area contributed by atoms with Gasteiger partial charge >= 0.3 is 0 Å². The molecule has 2 heterocycles. The van der Waals surface area contributed by atoms with Crippen molar-refractivity contribution in [3.63, 3.8) is 0 Å². The van der Waals surface area contributed by atoms with Crippen molar-refractivity contribution in [3.8, 4) is 33.4 Å². The number of fused-ring (bicyclic) bond motifs is 5. The summed E-state index contributed by atoms with van der Waals surface area (Å²) in [4.78, 5) is 7.55. The number of nitrogens with zero attached hydrogens (tertiary/aromatic N) is 2. The molecule has 226 valence electrons. The molecular weight excluding hydrogens is 601 g/mol. The van der Waals surface area contributed by atoms with Crippen molar-refractivity contribution in [1.29, 1.82) is 0 Å². The van der Waals surface area contributed by atoms with E-state index in [1.54, 1.807) is 0 Å². The molecule has 48 heavy (non-hydrogen) atoms. The number of pyridine rings is 1. The van der Waals surface area contributed by atoms with E-state index in [2.05, 4.69) is 181 Å². The van der Waals surface area contributed by atoms with Gasteiger partial charge in [-0.15, -0.1) is 11.3 Å². The summed E-state index contributed by atoms with van der Waals surface area (Å²) in [6.45, 7) is 0. The number of thiophene rings is 1. The zero-order valence-electron chi connectivity index (χ0n) is 26.1. The Bertz CT molecular complexity index is 2540. The van der Waals surface area contributed by atoms with E-state index in [1.165, 1.54) is 53.2 Å². The number of aromatic nitrogens is 1. The Hall–Kier alpha value is -6.03. The van der Waals surface area contributed by atoms with Crippen LogP contribution in [0.5, 0.6) is 0 Å². The minimum Gasteiger partial charge on any atom is -0.294 e. The molecule has 0 atom stereocenters. The molecule has 3 heteroatoms. The third kappa shape index (κ3) is 4.93. The highest BCUT2D eigenvalue weighted by Crippen LogP contribution is 2.48. The quantitative estimate of drug-likeness (QED) is 0.182. The minimum atomic E-state index is 0.922. The van der Waals surface area contributed by atoms with E-state index < -0.39 is 0 Å². The van der Waals surface area contributed by atoms with Crippen LogP contribution in [0.2, 0.25) is 0 Å². The Morgan fingerprint density at radius 1 is 0.458 bits per heavy atom. The molecular formula is C45H30N2S. The first kappa shape index (κ1) is 28.2. The van der Waals surface area contributed by atoms with E-state index in [0.717, 1.165) is 28.3 Å². The molecule has 0 saturated heterocycles. The molecule has 0 aliphatic carbocycles. The highest BCUT2D eigenvalue weighted by Gasteiger charge is 2.23. The lowest BCUT2D eigenvalue weighted by Crippen LogP contribution is -2.13. The Morgan fingerprint density at radius 2 is 1.06 bits per heavy atom. The summed E-state index contributed by atoms with van der Waals surface area (Å²) in [5.74, 6) is 0.922. The zero-order valence-corrected chi connectivity index (χ0v) is 26.9. The number of benzene rings is 7. The van der Waals surface area contributed by atoms with Crippen LogP contribution in [0.25, 0.3) is 64.3 Å². The van der Waals surface area contributed by atoms with Gasteiger partial charge in [-0.1, -0.05) is 146 Å². The van der Waals surface area contributed by atoms with Gasteiger partial charge in [0.1, 0.15) is 5.82 Å². The van der Waals surface area contributed by atoms with Crippen LogP contribution in [-0.4, -0.2) is 4.98 Å². The van der Waals surface area contributed by atoms with E-state index in [-0.39, 0.29) is 0 Å². The molecule has 0 bridgehead atoms. The molecule has 9 aromatic rings. The lowest BCUT2D eigenvalue weighted by Gasteiger charge is -2.28. The monoisotopic (exact) mass is 630 g/mol. The summed E-state index contributed by atoms with van der Waals surface area (Å²) in [7, 11) is 0. The van der Waals surface area contributed by atoms with E-state index >= 15 is 0 Å². The predicted molar refractivity (Wildman–Crippen MR) is 206 cm³/mol. The summed E-state index contributed by atoms with van der Waals surface area (Å²) < 4.78 is 2.51. The van der Waals surface area contributed by atoms with Gasteiger partial charge in [-0.2, -0.15) is 0 Å². The van der Waals surface area contributed by atoms with Gasteiger partial charge in [0.25, 0.3) is 0 Å². The maximum atomic E-state index is 5.19. The molecule has 0 aliphatic heterocycles. The van der Waals surface area contributed by atoms with Gasteiger partial charge in [-0.3, -0.25) is 4.90 Å². The molecule has 7 aromatic carbocycles. The second kappa shape index (κ2) is 12.0. The molecule has 0 amide bonds. The first-order valence-electron chi connectivity index (χ1n) is 16.2. The van der Waals surface area contributed by atoms with E-state index in [0.29, 0.717) is 0 Å². The van der Waals surface area contributed by atoms with Crippen LogP contribution in [-0.2, 0) is 0 Å². The van der Waals surface area contributed by atoms with Crippen molar-refractivity contribution in [1.82, 2.24) is 4.98 Å². The van der Waals surface area contributed by atoms with Crippen LogP contribution < -0.4 is 4.90 Å². The minimum absolute atomic E-state index is 0.922. The largest absolute Gasteiger partial charge is 0.294 e. The lowest BCUT2D eigenvalue weighted by molar-refractivity contribution is 1.20. The van der Waals surface area contributed by atoms with Crippen molar-refractivity contribution in [2.75, 3.05) is 4.90 Å². The smallest absolute Gasteiger partial charge is 0.146 e. The summed E-state index contributed by atoms with van der Waals surface area (Å²) >= 11 is 1.85. The van der Waals surface area contributed by atoms with Crippen molar-refractivity contribution >= 4 is 59.5 Å². The maximum Gasteiger partial charge on any atom is 0.146 e. The number of rotatable bonds is 6. The van der Waals surface area contributed by atoms with E-state index in [1.807, 2.05) is 17.5 Å². The van der Waals surface area contributed by atoms with Gasteiger partial charge < -0.3 is 0 Å². The fourth-order valence-corrected chi connectivity index (χ4v) is 8.03. The molecule has 2 nitrogen and oxygen atoms in total. The lowest BCUT2D eigenvalue weighted by atomic mass is 9.96. The highest BCUT2D eigenvalue weighted by molar-refractivity contribution is 7.26. The summed E-state index contributed by atoms with van der Waals surface area (Å²) in [6.07, 6.45) is 1.96. The Labute approximate surface area is 283 Å². The summed E-state index contributed by atoms with van der Waals surface area (Å²) in [6, 6.07) is 62.9. The van der Waals surface area contributed by atoms with Crippen molar-refractivity contribution in [3.05, 3.63) is 182 Å². The normalized spacial score (nSPS) is 11.3. The van der Waals surface area contributed by atoms with Crippen LogP contribution in [0.4, 0.5) is 17.2 Å². The average Bonchev–Trinajstić information content (AvgIpc) is 3.57. The van der Waals surface area contributed by atoms with Crippen molar-refractivity contribution in [2.24, 2.45) is 0 Å². The molecule has 0 fully saturated rings. The molecule has 9 rings (SSSR count). The first-order chi connectivity index (χ1) is 23.8. The molecule has 0 radical (unpaired) electrons. The van der Waals surface area contributed by atoms with Gasteiger partial charge in [0.2, 0.25) is 0 Å². The molecule has 2 aromatic heterocycles. The van der Waals surface area contributed by atoms with Crippen LogP contribution in [0, 0.1) is 0 Å². The fraction of sp³-hybridized carbons (Fsp3) is 0. The SMILES string of the molecule is c1ccc(-c2ccc(N(c3ccc(-c4ccccc4)cc3-c3ccccc3)c3nccc4sc5c6ccccc6ccc5c34)cc2)cc1. The second-order valence-electron chi connectivity index (χ2n) is 12.0. The summed E-state index contributed by atoms with van der Waals surface area (Å²) in [5, 5.41) is 4.92. The van der Waals surface area contributed by atoms with Crippen molar-refractivity contribution in [2.45, 2.75) is 0 Å². The number of anilines is 3. The maximum absolute atomic E-state index is 5.19. The topological polar surface area (TPSA) is 16.1 Å².